The number of rotatable bonds is 5. The minimum Gasteiger partial charge on any atom is -0.390 e. The topological polar surface area (TPSA) is 23.5 Å². The average molecular weight is 217 g/mol. The maximum atomic E-state index is 9.72. The van der Waals surface area contributed by atoms with Crippen molar-refractivity contribution >= 4 is 0 Å². The fourth-order valence-electron chi connectivity index (χ4n) is 2.07. The first-order valence-electron chi connectivity index (χ1n) is 6.07. The van der Waals surface area contributed by atoms with Gasteiger partial charge < -0.3 is 10.0 Å². The first-order valence-corrected chi connectivity index (χ1v) is 6.07. The molecule has 0 bridgehead atoms. The minimum absolute atomic E-state index is 0.184. The standard InChI is InChI=1S/C11H25NO.C2H6/c1-7-12(6)9-10(2,3)8-11(4,5)13;1-2/h13H,7-9H2,1-6H3;1-2H3. The van der Waals surface area contributed by atoms with Crippen LogP contribution < -0.4 is 0 Å². The fourth-order valence-corrected chi connectivity index (χ4v) is 2.07. The molecule has 0 radical (unpaired) electrons. The van der Waals surface area contributed by atoms with Gasteiger partial charge in [-0.2, -0.15) is 0 Å². The van der Waals surface area contributed by atoms with Crippen LogP contribution >= 0.6 is 0 Å². The van der Waals surface area contributed by atoms with Crippen LogP contribution in [0.15, 0.2) is 0 Å². The zero-order chi connectivity index (χ0) is 12.7. The molecule has 0 saturated heterocycles. The number of aliphatic hydroxyl groups is 1. The molecule has 0 aliphatic rings. The molecule has 2 nitrogen and oxygen atoms in total. The van der Waals surface area contributed by atoms with Gasteiger partial charge in [0.1, 0.15) is 0 Å². The van der Waals surface area contributed by atoms with Crippen LogP contribution in [0.25, 0.3) is 0 Å². The Morgan fingerprint density at radius 2 is 1.47 bits per heavy atom. The van der Waals surface area contributed by atoms with Gasteiger partial charge in [-0.3, -0.25) is 0 Å². The van der Waals surface area contributed by atoms with Crippen LogP contribution in [-0.2, 0) is 0 Å². The van der Waals surface area contributed by atoms with Gasteiger partial charge in [0.15, 0.2) is 0 Å². The molecule has 0 saturated carbocycles. The van der Waals surface area contributed by atoms with E-state index in [1.807, 2.05) is 27.7 Å². The Balaban J connectivity index is 0. The molecule has 2 heteroatoms. The first-order chi connectivity index (χ1) is 6.66. The van der Waals surface area contributed by atoms with E-state index in [4.69, 9.17) is 0 Å². The Morgan fingerprint density at radius 3 is 1.73 bits per heavy atom. The lowest BCUT2D eigenvalue weighted by Crippen LogP contribution is -2.37. The van der Waals surface area contributed by atoms with Gasteiger partial charge in [-0.1, -0.05) is 34.6 Å². The van der Waals surface area contributed by atoms with Gasteiger partial charge in [-0.25, -0.2) is 0 Å². The summed E-state index contributed by atoms with van der Waals surface area (Å²) in [5.74, 6) is 0. The Labute approximate surface area is 96.7 Å². The number of nitrogens with zero attached hydrogens (tertiary/aromatic N) is 1. The van der Waals surface area contributed by atoms with E-state index in [2.05, 4.69) is 32.7 Å². The summed E-state index contributed by atoms with van der Waals surface area (Å²) in [7, 11) is 2.12. The molecule has 15 heavy (non-hydrogen) atoms. The fraction of sp³-hybridized carbons (Fsp3) is 1.00. The highest BCUT2D eigenvalue weighted by molar-refractivity contribution is 4.80. The van der Waals surface area contributed by atoms with Crippen molar-refractivity contribution < 1.29 is 5.11 Å². The molecule has 0 fully saturated rings. The summed E-state index contributed by atoms with van der Waals surface area (Å²) in [6.45, 7) is 16.4. The summed E-state index contributed by atoms with van der Waals surface area (Å²) >= 11 is 0. The molecule has 0 heterocycles. The van der Waals surface area contributed by atoms with Gasteiger partial charge in [0, 0.05) is 6.54 Å². The zero-order valence-corrected chi connectivity index (χ0v) is 12.0. The molecule has 0 unspecified atom stereocenters. The number of hydrogen-bond acceptors (Lipinski definition) is 2. The van der Waals surface area contributed by atoms with Crippen LogP contribution in [0.5, 0.6) is 0 Å². The summed E-state index contributed by atoms with van der Waals surface area (Å²) in [6, 6.07) is 0. The van der Waals surface area contributed by atoms with Crippen molar-refractivity contribution in [2.75, 3.05) is 20.1 Å². The Kier molecular flexibility index (Phi) is 8.35. The lowest BCUT2D eigenvalue weighted by Gasteiger charge is -2.34. The van der Waals surface area contributed by atoms with Crippen LogP contribution in [0.1, 0.15) is 54.9 Å². The van der Waals surface area contributed by atoms with Crippen molar-refractivity contribution in [3.8, 4) is 0 Å². The van der Waals surface area contributed by atoms with Crippen LogP contribution in [-0.4, -0.2) is 35.7 Å². The molecule has 0 aromatic carbocycles. The monoisotopic (exact) mass is 217 g/mol. The van der Waals surface area contributed by atoms with Crippen molar-refractivity contribution in [2.24, 2.45) is 5.41 Å². The second-order valence-electron chi connectivity index (χ2n) is 5.48. The molecular weight excluding hydrogens is 186 g/mol. The summed E-state index contributed by atoms with van der Waals surface area (Å²) in [5.41, 5.74) is -0.374. The van der Waals surface area contributed by atoms with Crippen molar-refractivity contribution in [3.05, 3.63) is 0 Å². The smallest absolute Gasteiger partial charge is 0.0597 e. The maximum absolute atomic E-state index is 9.72. The van der Waals surface area contributed by atoms with Crippen molar-refractivity contribution in [1.82, 2.24) is 4.90 Å². The summed E-state index contributed by atoms with van der Waals surface area (Å²) in [4.78, 5) is 2.28. The molecule has 0 spiro atoms. The lowest BCUT2D eigenvalue weighted by molar-refractivity contribution is 0.0225. The highest BCUT2D eigenvalue weighted by Gasteiger charge is 2.27. The SMILES string of the molecule is CC.CCN(C)CC(C)(C)CC(C)(C)O. The van der Waals surface area contributed by atoms with Crippen molar-refractivity contribution in [1.29, 1.82) is 0 Å². The van der Waals surface area contributed by atoms with E-state index in [-0.39, 0.29) is 5.41 Å². The van der Waals surface area contributed by atoms with E-state index in [0.29, 0.717) is 0 Å². The minimum atomic E-state index is -0.557. The van der Waals surface area contributed by atoms with Gasteiger partial charge in [-0.05, 0) is 39.3 Å². The normalized spacial score (nSPS) is 12.4. The summed E-state index contributed by atoms with van der Waals surface area (Å²) in [6.07, 6.45) is 0.838. The first kappa shape index (κ1) is 17.3. The third kappa shape index (κ3) is 11.8. The molecule has 0 aliphatic carbocycles. The van der Waals surface area contributed by atoms with E-state index < -0.39 is 5.60 Å². The number of hydrogen-bond donors (Lipinski definition) is 1. The summed E-state index contributed by atoms with van der Waals surface area (Å²) in [5, 5.41) is 9.72. The second kappa shape index (κ2) is 7.24. The van der Waals surface area contributed by atoms with Crippen LogP contribution in [0, 0.1) is 5.41 Å². The zero-order valence-electron chi connectivity index (χ0n) is 12.0. The van der Waals surface area contributed by atoms with Crippen LogP contribution in [0.4, 0.5) is 0 Å². The quantitative estimate of drug-likeness (QED) is 0.764. The molecule has 0 aromatic rings. The molecule has 0 aromatic heterocycles. The second-order valence-corrected chi connectivity index (χ2v) is 5.48. The maximum Gasteiger partial charge on any atom is 0.0597 e. The Bertz CT molecular complexity index is 147. The van der Waals surface area contributed by atoms with E-state index >= 15 is 0 Å². The van der Waals surface area contributed by atoms with Gasteiger partial charge in [0.25, 0.3) is 0 Å². The van der Waals surface area contributed by atoms with Gasteiger partial charge >= 0.3 is 0 Å². The summed E-state index contributed by atoms with van der Waals surface area (Å²) < 4.78 is 0. The molecular formula is C13H31NO. The third-order valence-corrected chi connectivity index (χ3v) is 2.15. The molecule has 1 N–H and O–H groups in total. The van der Waals surface area contributed by atoms with Crippen molar-refractivity contribution in [2.45, 2.75) is 60.5 Å². The Morgan fingerprint density at radius 1 is 1.07 bits per heavy atom. The largest absolute Gasteiger partial charge is 0.390 e. The highest BCUT2D eigenvalue weighted by atomic mass is 16.3. The van der Waals surface area contributed by atoms with Gasteiger partial charge in [-0.15, -0.1) is 0 Å². The molecule has 0 amide bonds. The predicted molar refractivity (Wildman–Crippen MR) is 69.2 cm³/mol. The molecule has 0 aliphatic heterocycles. The van der Waals surface area contributed by atoms with Crippen LogP contribution in [0.2, 0.25) is 0 Å². The highest BCUT2D eigenvalue weighted by Crippen LogP contribution is 2.28. The lowest BCUT2D eigenvalue weighted by atomic mass is 9.81. The van der Waals surface area contributed by atoms with Crippen molar-refractivity contribution in [3.63, 3.8) is 0 Å². The third-order valence-electron chi connectivity index (χ3n) is 2.15. The van der Waals surface area contributed by atoms with E-state index in [0.717, 1.165) is 19.5 Å². The van der Waals surface area contributed by atoms with Gasteiger partial charge in [0.2, 0.25) is 0 Å². The van der Waals surface area contributed by atoms with E-state index in [1.54, 1.807) is 0 Å². The Hall–Kier alpha value is -0.0800. The van der Waals surface area contributed by atoms with E-state index in [1.165, 1.54) is 0 Å². The van der Waals surface area contributed by atoms with Crippen LogP contribution in [0.3, 0.4) is 0 Å². The van der Waals surface area contributed by atoms with Gasteiger partial charge in [0.05, 0.1) is 5.60 Å². The molecule has 0 atom stereocenters. The molecule has 94 valence electrons. The molecule has 0 rings (SSSR count). The predicted octanol–water partition coefficient (Wildman–Crippen LogP) is 3.15. The van der Waals surface area contributed by atoms with E-state index in [9.17, 15) is 5.11 Å². The average Bonchev–Trinajstić information content (AvgIpc) is 2.02.